The van der Waals surface area contributed by atoms with Gasteiger partial charge in [0.25, 0.3) is 0 Å². The van der Waals surface area contributed by atoms with E-state index in [0.29, 0.717) is 6.42 Å². The van der Waals surface area contributed by atoms with E-state index in [4.69, 9.17) is 14.6 Å². The summed E-state index contributed by atoms with van der Waals surface area (Å²) in [5, 5.41) is 9.15. The molecule has 0 saturated carbocycles. The van der Waals surface area contributed by atoms with Gasteiger partial charge in [0.1, 0.15) is 0 Å². The third kappa shape index (κ3) is 9.22. The van der Waals surface area contributed by atoms with E-state index < -0.39 is 5.79 Å². The summed E-state index contributed by atoms with van der Waals surface area (Å²) in [6.07, 6.45) is 5.19. The fourth-order valence-corrected chi connectivity index (χ4v) is 2.01. The maximum absolute atomic E-state index is 9.15. The first-order valence-corrected chi connectivity index (χ1v) is 7.93. The Balaban J connectivity index is 4.42. The molecule has 0 saturated heterocycles. The summed E-state index contributed by atoms with van der Waals surface area (Å²) >= 11 is 0. The number of methoxy groups -OCH3 is 2. The van der Waals surface area contributed by atoms with Crippen molar-refractivity contribution in [2.75, 3.05) is 40.5 Å². The molecule has 0 spiro atoms. The standard InChI is InChI=1S/C18H33NO3/c1-7-19(14-10-8-9-11-17(2,3)4)15-12-18(21-5,22-6)13-16-20/h8,10,20H,7,12-16H2,1-6H3. The van der Waals surface area contributed by atoms with Crippen molar-refractivity contribution in [1.29, 1.82) is 0 Å². The van der Waals surface area contributed by atoms with Gasteiger partial charge < -0.3 is 14.6 Å². The summed E-state index contributed by atoms with van der Waals surface area (Å²) in [6.45, 7) is 11.1. The molecular weight excluding hydrogens is 278 g/mol. The minimum Gasteiger partial charge on any atom is -0.396 e. The van der Waals surface area contributed by atoms with Crippen LogP contribution in [0.3, 0.4) is 0 Å². The van der Waals surface area contributed by atoms with E-state index in [0.717, 1.165) is 26.1 Å². The molecule has 0 atom stereocenters. The zero-order valence-corrected chi connectivity index (χ0v) is 15.1. The Hall–Kier alpha value is -0.860. The van der Waals surface area contributed by atoms with Crippen molar-refractivity contribution < 1.29 is 14.6 Å². The summed E-state index contributed by atoms with van der Waals surface area (Å²) in [5.41, 5.74) is 0.0373. The van der Waals surface area contributed by atoms with Crippen molar-refractivity contribution in [3.63, 3.8) is 0 Å². The summed E-state index contributed by atoms with van der Waals surface area (Å²) < 4.78 is 10.9. The topological polar surface area (TPSA) is 41.9 Å². The van der Waals surface area contributed by atoms with Crippen molar-refractivity contribution in [2.24, 2.45) is 5.41 Å². The van der Waals surface area contributed by atoms with Gasteiger partial charge in [-0.25, -0.2) is 0 Å². The van der Waals surface area contributed by atoms with E-state index in [1.807, 2.05) is 6.08 Å². The van der Waals surface area contributed by atoms with Crippen molar-refractivity contribution >= 4 is 0 Å². The van der Waals surface area contributed by atoms with Crippen LogP contribution >= 0.6 is 0 Å². The lowest BCUT2D eigenvalue weighted by Crippen LogP contribution is -2.39. The first-order chi connectivity index (χ1) is 10.3. The molecular formula is C18H33NO3. The lowest BCUT2D eigenvalue weighted by Gasteiger charge is -2.32. The summed E-state index contributed by atoms with van der Waals surface area (Å²) in [7, 11) is 3.24. The molecule has 0 amide bonds. The van der Waals surface area contributed by atoms with Crippen molar-refractivity contribution in [1.82, 2.24) is 4.90 Å². The second-order valence-electron chi connectivity index (χ2n) is 6.36. The first kappa shape index (κ1) is 21.1. The lowest BCUT2D eigenvalue weighted by molar-refractivity contribution is -0.220. The van der Waals surface area contributed by atoms with Crippen LogP contribution in [0.5, 0.6) is 0 Å². The number of hydrogen-bond donors (Lipinski definition) is 1. The average molecular weight is 311 g/mol. The van der Waals surface area contributed by atoms with Crippen LogP contribution in [0.2, 0.25) is 0 Å². The largest absolute Gasteiger partial charge is 0.396 e. The predicted octanol–water partition coefficient (Wildman–Crippen LogP) is 2.68. The van der Waals surface area contributed by atoms with Crippen LogP contribution in [0.25, 0.3) is 0 Å². The molecule has 128 valence electrons. The molecule has 0 aliphatic carbocycles. The normalized spacial score (nSPS) is 12.7. The van der Waals surface area contributed by atoms with Crippen molar-refractivity contribution in [2.45, 2.75) is 46.3 Å². The molecule has 0 aromatic rings. The van der Waals surface area contributed by atoms with E-state index in [9.17, 15) is 0 Å². The van der Waals surface area contributed by atoms with Gasteiger partial charge in [0, 0.05) is 52.2 Å². The number of rotatable bonds is 10. The van der Waals surface area contributed by atoms with Gasteiger partial charge in [0.15, 0.2) is 5.79 Å². The van der Waals surface area contributed by atoms with Crippen molar-refractivity contribution in [3.8, 4) is 11.8 Å². The molecule has 0 aliphatic rings. The number of ether oxygens (including phenoxy) is 2. The Bertz CT molecular complexity index is 370. The number of likely N-dealkylation sites (N-methyl/N-ethyl adjacent to an activating group) is 1. The second-order valence-corrected chi connectivity index (χ2v) is 6.36. The molecule has 0 aromatic carbocycles. The summed E-state index contributed by atoms with van der Waals surface area (Å²) in [4.78, 5) is 2.29. The number of aliphatic hydroxyl groups is 1. The van der Waals surface area contributed by atoms with Crippen LogP contribution in [0.4, 0.5) is 0 Å². The second kappa shape index (κ2) is 10.8. The average Bonchev–Trinajstić information content (AvgIpc) is 2.47. The summed E-state index contributed by atoms with van der Waals surface area (Å²) in [5.74, 6) is 5.57. The van der Waals surface area contributed by atoms with Crippen LogP contribution in [0.1, 0.15) is 40.5 Å². The molecule has 0 radical (unpaired) electrons. The van der Waals surface area contributed by atoms with Crippen LogP contribution in [-0.2, 0) is 9.47 Å². The van der Waals surface area contributed by atoms with E-state index >= 15 is 0 Å². The fourth-order valence-electron chi connectivity index (χ4n) is 2.01. The van der Waals surface area contributed by atoms with Gasteiger partial charge in [-0.1, -0.05) is 24.8 Å². The van der Waals surface area contributed by atoms with E-state index in [-0.39, 0.29) is 12.0 Å². The third-order valence-electron chi connectivity index (χ3n) is 3.50. The number of hydrogen-bond acceptors (Lipinski definition) is 4. The van der Waals surface area contributed by atoms with Crippen LogP contribution in [0, 0.1) is 17.3 Å². The Labute approximate surface area is 136 Å². The molecule has 4 heteroatoms. The molecule has 0 bridgehead atoms. The van der Waals surface area contributed by atoms with Gasteiger partial charge in [0.05, 0.1) is 0 Å². The Morgan fingerprint density at radius 3 is 2.23 bits per heavy atom. The molecule has 0 heterocycles. The van der Waals surface area contributed by atoms with Crippen LogP contribution in [-0.4, -0.2) is 56.3 Å². The van der Waals surface area contributed by atoms with E-state index in [1.54, 1.807) is 14.2 Å². The molecule has 4 nitrogen and oxygen atoms in total. The first-order valence-electron chi connectivity index (χ1n) is 7.93. The predicted molar refractivity (Wildman–Crippen MR) is 91.6 cm³/mol. The minimum atomic E-state index is -0.697. The number of allylic oxidation sites excluding steroid dienone is 1. The van der Waals surface area contributed by atoms with E-state index in [2.05, 4.69) is 50.5 Å². The Kier molecular flexibility index (Phi) is 10.4. The zero-order chi connectivity index (χ0) is 17.1. The molecule has 0 rings (SSSR count). The lowest BCUT2D eigenvalue weighted by atomic mass is 9.98. The van der Waals surface area contributed by atoms with Crippen LogP contribution < -0.4 is 0 Å². The molecule has 0 aromatic heterocycles. The highest BCUT2D eigenvalue weighted by Gasteiger charge is 2.29. The van der Waals surface area contributed by atoms with Gasteiger partial charge in [-0.2, -0.15) is 0 Å². The van der Waals surface area contributed by atoms with Gasteiger partial charge in [-0.3, -0.25) is 4.90 Å². The summed E-state index contributed by atoms with van der Waals surface area (Å²) in [6, 6.07) is 0. The highest BCUT2D eigenvalue weighted by Crippen LogP contribution is 2.21. The van der Waals surface area contributed by atoms with Gasteiger partial charge in [0.2, 0.25) is 0 Å². The highest BCUT2D eigenvalue weighted by molar-refractivity contribution is 5.19. The van der Waals surface area contributed by atoms with Gasteiger partial charge in [-0.05, 0) is 33.4 Å². The minimum absolute atomic E-state index is 0.0373. The molecule has 22 heavy (non-hydrogen) atoms. The van der Waals surface area contributed by atoms with E-state index in [1.165, 1.54) is 0 Å². The Morgan fingerprint density at radius 2 is 1.77 bits per heavy atom. The smallest absolute Gasteiger partial charge is 0.170 e. The maximum atomic E-state index is 9.15. The quantitative estimate of drug-likeness (QED) is 0.497. The maximum Gasteiger partial charge on any atom is 0.170 e. The highest BCUT2D eigenvalue weighted by atomic mass is 16.7. The van der Waals surface area contributed by atoms with Crippen molar-refractivity contribution in [3.05, 3.63) is 12.2 Å². The fraction of sp³-hybridized carbons (Fsp3) is 0.778. The molecule has 0 fully saturated rings. The number of nitrogens with zero attached hydrogens (tertiary/aromatic N) is 1. The zero-order valence-electron chi connectivity index (χ0n) is 15.1. The van der Waals surface area contributed by atoms with Gasteiger partial charge >= 0.3 is 0 Å². The molecule has 1 N–H and O–H groups in total. The van der Waals surface area contributed by atoms with Gasteiger partial charge in [-0.15, -0.1) is 0 Å². The van der Waals surface area contributed by atoms with Crippen LogP contribution in [0.15, 0.2) is 12.2 Å². The molecule has 0 unspecified atom stereocenters. The third-order valence-corrected chi connectivity index (χ3v) is 3.50. The monoisotopic (exact) mass is 311 g/mol. The molecule has 0 aliphatic heterocycles. The Morgan fingerprint density at radius 1 is 1.14 bits per heavy atom. The number of aliphatic hydroxyl groups excluding tert-OH is 1. The SMILES string of the molecule is CCN(CC=CC#CC(C)(C)C)CCC(CCO)(OC)OC.